The van der Waals surface area contributed by atoms with Gasteiger partial charge in [0.05, 0.1) is 4.70 Å². The molecule has 2 aromatic rings. The Bertz CT molecular complexity index is 384. The first-order valence-electron chi connectivity index (χ1n) is 4.60. The van der Waals surface area contributed by atoms with Gasteiger partial charge in [-0.15, -0.1) is 5.10 Å². The van der Waals surface area contributed by atoms with Crippen molar-refractivity contribution < 1.29 is 0 Å². The summed E-state index contributed by atoms with van der Waals surface area (Å²) in [5.74, 6) is 1.04. The van der Waals surface area contributed by atoms with Gasteiger partial charge in [-0.25, -0.2) is 0 Å². The second kappa shape index (κ2) is 5.98. The molecule has 0 spiro atoms. The van der Waals surface area contributed by atoms with Gasteiger partial charge in [0, 0.05) is 5.75 Å². The highest BCUT2D eigenvalue weighted by molar-refractivity contribution is 7.97. The van der Waals surface area contributed by atoms with E-state index in [-0.39, 0.29) is 0 Å². The van der Waals surface area contributed by atoms with Crippen LogP contribution in [-0.2, 0) is 5.75 Å². The van der Waals surface area contributed by atoms with E-state index in [1.165, 1.54) is 21.8 Å². The van der Waals surface area contributed by atoms with Crippen molar-refractivity contribution in [3.8, 4) is 0 Å². The van der Waals surface area contributed by atoms with Crippen LogP contribution < -0.4 is 0 Å². The Balaban J connectivity index is 0.000000461. The molecule has 0 saturated heterocycles. The summed E-state index contributed by atoms with van der Waals surface area (Å²) in [6.07, 6.45) is 2.10. The molecule has 0 aliphatic rings. The molecule has 1 heterocycles. The zero-order valence-electron chi connectivity index (χ0n) is 8.65. The second-order valence-electron chi connectivity index (χ2n) is 2.47. The van der Waals surface area contributed by atoms with Crippen molar-refractivity contribution in [2.24, 2.45) is 0 Å². The van der Waals surface area contributed by atoms with E-state index in [4.69, 9.17) is 0 Å². The van der Waals surface area contributed by atoms with Crippen LogP contribution in [0.5, 0.6) is 0 Å². The third-order valence-corrected chi connectivity index (χ3v) is 3.07. The molecule has 0 aliphatic heterocycles. The van der Waals surface area contributed by atoms with Crippen LogP contribution >= 0.6 is 23.3 Å². The van der Waals surface area contributed by atoms with Gasteiger partial charge >= 0.3 is 0 Å². The van der Waals surface area contributed by atoms with E-state index < -0.39 is 0 Å². The van der Waals surface area contributed by atoms with Gasteiger partial charge in [0.2, 0.25) is 0 Å². The maximum atomic E-state index is 4.02. The summed E-state index contributed by atoms with van der Waals surface area (Å²) in [6.45, 7) is 4.00. The van der Waals surface area contributed by atoms with Crippen LogP contribution in [0.3, 0.4) is 0 Å². The molecule has 2 rings (SSSR count). The van der Waals surface area contributed by atoms with E-state index in [0.29, 0.717) is 0 Å². The van der Waals surface area contributed by atoms with E-state index in [0.717, 1.165) is 11.3 Å². The lowest BCUT2D eigenvalue weighted by Crippen LogP contribution is -1.78. The molecule has 1 aromatic heterocycles. The van der Waals surface area contributed by atoms with Gasteiger partial charge < -0.3 is 0 Å². The van der Waals surface area contributed by atoms with Crippen LogP contribution in [0.2, 0.25) is 0 Å². The molecule has 0 bridgehead atoms. The van der Waals surface area contributed by atoms with Crippen molar-refractivity contribution in [2.45, 2.75) is 19.6 Å². The lowest BCUT2D eigenvalue weighted by molar-refractivity contribution is 1.20. The van der Waals surface area contributed by atoms with Gasteiger partial charge in [0.25, 0.3) is 0 Å². The molecule has 0 radical (unpaired) electrons. The fourth-order valence-electron chi connectivity index (χ4n) is 1.13. The van der Waals surface area contributed by atoms with Crippen molar-refractivity contribution in [3.63, 3.8) is 0 Å². The average molecular weight is 226 g/mol. The normalized spacial score (nSPS) is 9.64. The number of hydrogen-bond acceptors (Lipinski definition) is 4. The smallest absolute Gasteiger partial charge is 0.106 e. The molecule has 0 fully saturated rings. The quantitative estimate of drug-likeness (QED) is 0.782. The van der Waals surface area contributed by atoms with E-state index >= 15 is 0 Å². The Kier molecular flexibility index (Phi) is 4.90. The summed E-state index contributed by atoms with van der Waals surface area (Å²) < 4.78 is 5.16. The predicted molar refractivity (Wildman–Crippen MR) is 66.0 cm³/mol. The number of hydrogen-bond donors (Lipinski definition) is 0. The minimum Gasteiger partial charge on any atom is -0.161 e. The molecule has 0 aliphatic carbocycles. The molecule has 0 unspecified atom stereocenters. The van der Waals surface area contributed by atoms with E-state index in [9.17, 15) is 0 Å². The minimum atomic E-state index is 1.02. The van der Waals surface area contributed by atoms with Gasteiger partial charge in [-0.05, 0) is 29.4 Å². The van der Waals surface area contributed by atoms with Crippen LogP contribution in [0.25, 0.3) is 10.2 Å². The molecular formula is C10H14N2S2. The Labute approximate surface area is 92.9 Å². The Morgan fingerprint density at radius 2 is 2.14 bits per heavy atom. The second-order valence-corrected chi connectivity index (χ2v) is 4.09. The summed E-state index contributed by atoms with van der Waals surface area (Å²) >= 11 is 3.30. The lowest BCUT2D eigenvalue weighted by Gasteiger charge is -1.96. The summed E-state index contributed by atoms with van der Waals surface area (Å²) in [6, 6.07) is 6.18. The zero-order valence-corrected chi connectivity index (χ0v) is 10.3. The number of nitrogens with zero attached hydrogens (tertiary/aromatic N) is 2. The third-order valence-electron chi connectivity index (χ3n) is 1.66. The topological polar surface area (TPSA) is 25.8 Å². The summed E-state index contributed by atoms with van der Waals surface area (Å²) in [5, 5.41) is 4.02. The van der Waals surface area contributed by atoms with Gasteiger partial charge in [-0.2, -0.15) is 11.8 Å². The van der Waals surface area contributed by atoms with E-state index in [2.05, 4.69) is 21.9 Å². The largest absolute Gasteiger partial charge is 0.161 e. The first-order valence-corrected chi connectivity index (χ1v) is 6.77. The van der Waals surface area contributed by atoms with Crippen molar-refractivity contribution in [2.75, 3.05) is 6.26 Å². The number of aromatic nitrogens is 2. The number of fused-ring (bicyclic) bond motifs is 1. The van der Waals surface area contributed by atoms with Crippen molar-refractivity contribution in [3.05, 3.63) is 23.8 Å². The van der Waals surface area contributed by atoms with Crippen LogP contribution in [-0.4, -0.2) is 15.8 Å². The Morgan fingerprint density at radius 3 is 2.86 bits per heavy atom. The average Bonchev–Trinajstić information content (AvgIpc) is 2.70. The molecular weight excluding hydrogens is 212 g/mol. The molecule has 14 heavy (non-hydrogen) atoms. The molecule has 0 amide bonds. The van der Waals surface area contributed by atoms with E-state index in [1.807, 2.05) is 37.7 Å². The van der Waals surface area contributed by atoms with Crippen LogP contribution in [0.4, 0.5) is 0 Å². The Morgan fingerprint density at radius 1 is 1.36 bits per heavy atom. The molecule has 0 atom stereocenters. The highest BCUT2D eigenvalue weighted by Gasteiger charge is 2.02. The highest BCUT2D eigenvalue weighted by atomic mass is 32.2. The molecule has 0 saturated carbocycles. The molecule has 4 heteroatoms. The van der Waals surface area contributed by atoms with Gasteiger partial charge in [-0.3, -0.25) is 0 Å². The van der Waals surface area contributed by atoms with Crippen LogP contribution in [0.15, 0.2) is 18.2 Å². The maximum Gasteiger partial charge on any atom is 0.106 e. The number of rotatable bonds is 2. The lowest BCUT2D eigenvalue weighted by atomic mass is 10.2. The monoisotopic (exact) mass is 226 g/mol. The molecule has 1 aromatic carbocycles. The van der Waals surface area contributed by atoms with Gasteiger partial charge in [0.15, 0.2) is 0 Å². The van der Waals surface area contributed by atoms with Crippen molar-refractivity contribution in [1.82, 2.24) is 9.59 Å². The first-order chi connectivity index (χ1) is 6.92. The molecule has 76 valence electrons. The standard InChI is InChI=1S/C8H8N2S2.C2H6/c1-11-5-6-3-2-4-7-8(6)12-10-9-7;1-2/h2-4H,5H2,1H3;1-2H3. The number of benzene rings is 1. The fourth-order valence-corrected chi connectivity index (χ4v) is 2.44. The van der Waals surface area contributed by atoms with E-state index in [1.54, 1.807) is 0 Å². The fraction of sp³-hybridized carbons (Fsp3) is 0.400. The van der Waals surface area contributed by atoms with Crippen molar-refractivity contribution >= 4 is 33.5 Å². The summed E-state index contributed by atoms with van der Waals surface area (Å²) in [5.41, 5.74) is 2.36. The predicted octanol–water partition coefficient (Wildman–Crippen LogP) is 3.58. The van der Waals surface area contributed by atoms with Crippen LogP contribution in [0.1, 0.15) is 19.4 Å². The zero-order chi connectivity index (χ0) is 10.4. The molecule has 2 nitrogen and oxygen atoms in total. The number of thioether (sulfide) groups is 1. The van der Waals surface area contributed by atoms with Crippen LogP contribution in [0, 0.1) is 0 Å². The van der Waals surface area contributed by atoms with Gasteiger partial charge in [0.1, 0.15) is 5.52 Å². The first kappa shape index (κ1) is 11.5. The molecule has 0 N–H and O–H groups in total. The summed E-state index contributed by atoms with van der Waals surface area (Å²) in [7, 11) is 0. The third kappa shape index (κ3) is 2.45. The Hall–Kier alpha value is -0.610. The summed E-state index contributed by atoms with van der Waals surface area (Å²) in [4.78, 5) is 0. The highest BCUT2D eigenvalue weighted by Crippen LogP contribution is 2.22. The van der Waals surface area contributed by atoms with Gasteiger partial charge in [-0.1, -0.05) is 30.5 Å². The SMILES string of the molecule is CC.CSCc1cccc2nnsc12. The minimum absolute atomic E-state index is 1.02. The van der Waals surface area contributed by atoms with Crippen molar-refractivity contribution in [1.29, 1.82) is 0 Å². The maximum absolute atomic E-state index is 4.02.